The molecule has 1 aliphatic rings. The number of anilines is 1. The fraction of sp³-hybridized carbons (Fsp3) is 0.462. The molecule has 1 aromatic heterocycles. The van der Waals surface area contributed by atoms with Gasteiger partial charge in [0.1, 0.15) is 11.6 Å². The molecule has 0 saturated carbocycles. The summed E-state index contributed by atoms with van der Waals surface area (Å²) in [6.45, 7) is 3.28. The molecule has 1 saturated heterocycles. The number of carbonyl (C=O) groups is 1. The van der Waals surface area contributed by atoms with E-state index in [0.717, 1.165) is 12.3 Å². The third kappa shape index (κ3) is 3.03. The number of morpholine rings is 1. The molecule has 1 fully saturated rings. The average Bonchev–Trinajstić information content (AvgIpc) is 2.48. The van der Waals surface area contributed by atoms with Crippen molar-refractivity contribution in [3.8, 4) is 6.07 Å². The summed E-state index contributed by atoms with van der Waals surface area (Å²) in [4.78, 5) is 17.8. The van der Waals surface area contributed by atoms with Crippen molar-refractivity contribution in [3.05, 3.63) is 23.6 Å². The van der Waals surface area contributed by atoms with E-state index >= 15 is 0 Å². The van der Waals surface area contributed by atoms with Gasteiger partial charge >= 0.3 is 0 Å². The van der Waals surface area contributed by atoms with Crippen LogP contribution in [0, 0.1) is 17.1 Å². The number of nitrogens with zero attached hydrogens (tertiary/aromatic N) is 3. The number of nitrogens with one attached hydrogen (secondary N) is 1. The van der Waals surface area contributed by atoms with Gasteiger partial charge in [0.15, 0.2) is 6.10 Å². The van der Waals surface area contributed by atoms with Crippen LogP contribution in [0.4, 0.5) is 10.2 Å². The molecule has 1 atom stereocenters. The van der Waals surface area contributed by atoms with E-state index < -0.39 is 11.9 Å². The zero-order chi connectivity index (χ0) is 14.5. The number of nitriles is 1. The molecule has 1 unspecified atom stereocenters. The van der Waals surface area contributed by atoms with Gasteiger partial charge in [-0.05, 0) is 13.0 Å². The summed E-state index contributed by atoms with van der Waals surface area (Å²) in [6.07, 6.45) is 0.420. The highest BCUT2D eigenvalue weighted by molar-refractivity contribution is 5.98. The predicted octanol–water partition coefficient (Wildman–Crippen LogP) is 1.02. The molecule has 106 valence electrons. The van der Waals surface area contributed by atoms with Gasteiger partial charge < -0.3 is 15.0 Å². The maximum atomic E-state index is 13.3. The van der Waals surface area contributed by atoms with Crippen molar-refractivity contribution in [2.45, 2.75) is 13.0 Å². The average molecular weight is 278 g/mol. The molecular weight excluding hydrogens is 263 g/mol. The van der Waals surface area contributed by atoms with Crippen LogP contribution < -0.4 is 5.32 Å². The normalized spacial score (nSPS) is 18.4. The number of halogens is 1. The van der Waals surface area contributed by atoms with Gasteiger partial charge in [0.2, 0.25) is 0 Å². The summed E-state index contributed by atoms with van der Waals surface area (Å²) in [6, 6.07) is 3.13. The van der Waals surface area contributed by atoms with Gasteiger partial charge in [-0.3, -0.25) is 4.79 Å². The van der Waals surface area contributed by atoms with Crippen LogP contribution in [0.1, 0.15) is 17.3 Å². The van der Waals surface area contributed by atoms with Crippen molar-refractivity contribution in [3.63, 3.8) is 0 Å². The number of pyridine rings is 1. The van der Waals surface area contributed by atoms with Crippen LogP contribution in [-0.2, 0) is 4.74 Å². The quantitative estimate of drug-likeness (QED) is 0.893. The highest BCUT2D eigenvalue weighted by atomic mass is 19.1. The number of ether oxygens (including phenoxy) is 1. The first-order valence-corrected chi connectivity index (χ1v) is 6.35. The summed E-state index contributed by atoms with van der Waals surface area (Å²) in [5.74, 6) is -0.574. The number of hydrogen-bond acceptors (Lipinski definition) is 5. The van der Waals surface area contributed by atoms with Crippen LogP contribution in [0.3, 0.4) is 0 Å². The van der Waals surface area contributed by atoms with Gasteiger partial charge in [0.25, 0.3) is 5.91 Å². The standard InChI is InChI=1S/C13H15FN4O2/c1-2-16-12-11(5-9(14)7-17-12)13(19)18-3-4-20-10(6-15)8-18/h5,7,10H,2-4,8H2,1H3,(H,16,17). The maximum absolute atomic E-state index is 13.3. The van der Waals surface area contributed by atoms with Gasteiger partial charge in [-0.2, -0.15) is 5.26 Å². The molecule has 0 aliphatic carbocycles. The Labute approximate surface area is 116 Å². The second kappa shape index (κ2) is 6.30. The molecule has 2 rings (SSSR count). The Hall–Kier alpha value is -2.20. The summed E-state index contributed by atoms with van der Waals surface area (Å²) in [7, 11) is 0. The van der Waals surface area contributed by atoms with Crippen molar-refractivity contribution in [2.24, 2.45) is 0 Å². The van der Waals surface area contributed by atoms with Crippen LogP contribution in [0.25, 0.3) is 0 Å². The van der Waals surface area contributed by atoms with Crippen LogP contribution in [-0.4, -0.2) is 48.1 Å². The first kappa shape index (κ1) is 14.2. The Morgan fingerprint density at radius 2 is 2.55 bits per heavy atom. The van der Waals surface area contributed by atoms with Crippen LogP contribution in [0.5, 0.6) is 0 Å². The van der Waals surface area contributed by atoms with Gasteiger partial charge in [0.05, 0.1) is 31.0 Å². The van der Waals surface area contributed by atoms with Crippen molar-refractivity contribution in [2.75, 3.05) is 31.6 Å². The maximum Gasteiger partial charge on any atom is 0.257 e. The van der Waals surface area contributed by atoms with E-state index in [2.05, 4.69) is 10.3 Å². The van der Waals surface area contributed by atoms with Gasteiger partial charge in [0, 0.05) is 13.1 Å². The molecule has 1 amide bonds. The number of rotatable bonds is 3. The number of hydrogen-bond donors (Lipinski definition) is 1. The van der Waals surface area contributed by atoms with Crippen molar-refractivity contribution < 1.29 is 13.9 Å². The molecule has 0 radical (unpaired) electrons. The SMILES string of the molecule is CCNc1ncc(F)cc1C(=O)N1CCOC(C#N)C1. The molecule has 1 N–H and O–H groups in total. The third-order valence-electron chi connectivity index (χ3n) is 2.93. The Balaban J connectivity index is 2.24. The molecule has 2 heterocycles. The Morgan fingerprint density at radius 1 is 1.75 bits per heavy atom. The zero-order valence-electron chi connectivity index (χ0n) is 11.1. The largest absolute Gasteiger partial charge is 0.370 e. The lowest BCUT2D eigenvalue weighted by Gasteiger charge is -2.30. The van der Waals surface area contributed by atoms with E-state index in [1.54, 1.807) is 0 Å². The van der Waals surface area contributed by atoms with Crippen LogP contribution in [0.2, 0.25) is 0 Å². The topological polar surface area (TPSA) is 78.2 Å². The molecule has 0 aromatic carbocycles. The second-order valence-corrected chi connectivity index (χ2v) is 4.32. The fourth-order valence-corrected chi connectivity index (χ4v) is 1.99. The molecule has 7 heteroatoms. The fourth-order valence-electron chi connectivity index (χ4n) is 1.99. The lowest BCUT2D eigenvalue weighted by Crippen LogP contribution is -2.45. The third-order valence-corrected chi connectivity index (χ3v) is 2.93. The smallest absolute Gasteiger partial charge is 0.257 e. The summed E-state index contributed by atoms with van der Waals surface area (Å²) in [5, 5.41) is 11.8. The first-order chi connectivity index (χ1) is 9.65. The molecule has 0 bridgehead atoms. The van der Waals surface area contributed by atoms with Gasteiger partial charge in [-0.15, -0.1) is 0 Å². The highest BCUT2D eigenvalue weighted by Gasteiger charge is 2.26. The number of carbonyl (C=O) groups excluding carboxylic acids is 1. The van der Waals surface area contributed by atoms with Crippen LogP contribution in [0.15, 0.2) is 12.3 Å². The summed E-state index contributed by atoms with van der Waals surface area (Å²) in [5.41, 5.74) is 0.172. The van der Waals surface area contributed by atoms with E-state index in [9.17, 15) is 9.18 Å². The van der Waals surface area contributed by atoms with E-state index in [0.29, 0.717) is 25.5 Å². The monoisotopic (exact) mass is 278 g/mol. The Morgan fingerprint density at radius 3 is 3.25 bits per heavy atom. The predicted molar refractivity (Wildman–Crippen MR) is 69.6 cm³/mol. The lowest BCUT2D eigenvalue weighted by atomic mass is 10.2. The van der Waals surface area contributed by atoms with Gasteiger partial charge in [-0.1, -0.05) is 0 Å². The summed E-state index contributed by atoms with van der Waals surface area (Å²) >= 11 is 0. The molecule has 1 aliphatic heterocycles. The van der Waals surface area contributed by atoms with Crippen LogP contribution >= 0.6 is 0 Å². The minimum atomic E-state index is -0.642. The second-order valence-electron chi connectivity index (χ2n) is 4.32. The minimum Gasteiger partial charge on any atom is -0.370 e. The van der Waals surface area contributed by atoms with E-state index in [-0.39, 0.29) is 18.0 Å². The minimum absolute atomic E-state index is 0.172. The highest BCUT2D eigenvalue weighted by Crippen LogP contribution is 2.18. The van der Waals surface area contributed by atoms with E-state index in [1.807, 2.05) is 13.0 Å². The molecule has 1 aromatic rings. The number of aromatic nitrogens is 1. The number of amides is 1. The van der Waals surface area contributed by atoms with E-state index in [1.165, 1.54) is 4.90 Å². The molecule has 6 nitrogen and oxygen atoms in total. The van der Waals surface area contributed by atoms with Crippen molar-refractivity contribution >= 4 is 11.7 Å². The summed E-state index contributed by atoms with van der Waals surface area (Å²) < 4.78 is 18.5. The molecule has 0 spiro atoms. The zero-order valence-corrected chi connectivity index (χ0v) is 11.1. The Kier molecular flexibility index (Phi) is 4.48. The lowest BCUT2D eigenvalue weighted by molar-refractivity contribution is 0.00347. The van der Waals surface area contributed by atoms with Gasteiger partial charge in [-0.25, -0.2) is 9.37 Å². The van der Waals surface area contributed by atoms with Crippen molar-refractivity contribution in [1.82, 2.24) is 9.88 Å². The van der Waals surface area contributed by atoms with Crippen molar-refractivity contribution in [1.29, 1.82) is 5.26 Å². The Bertz CT molecular complexity index is 544. The first-order valence-electron chi connectivity index (χ1n) is 6.35. The van der Waals surface area contributed by atoms with E-state index in [4.69, 9.17) is 10.00 Å². The molecule has 20 heavy (non-hydrogen) atoms. The molecular formula is C13H15FN4O2.